The normalized spacial score (nSPS) is 11.9. The van der Waals surface area contributed by atoms with Crippen LogP contribution in [0.1, 0.15) is 32.2 Å². The second-order valence-electron chi connectivity index (χ2n) is 5.42. The van der Waals surface area contributed by atoms with Gasteiger partial charge in [-0.2, -0.15) is 0 Å². The summed E-state index contributed by atoms with van der Waals surface area (Å²) < 4.78 is 1.93. The molecule has 2 heterocycles. The molecule has 0 saturated carbocycles. The molecule has 0 aromatic carbocycles. The highest BCUT2D eigenvalue weighted by atomic mass is 35.5. The van der Waals surface area contributed by atoms with Crippen molar-refractivity contribution in [2.45, 2.75) is 33.1 Å². The maximum Gasteiger partial charge on any atom is 0.158 e. The molecular weight excluding hydrogens is 248 g/mol. The van der Waals surface area contributed by atoms with Gasteiger partial charge in [-0.05, 0) is 6.92 Å². The number of halogens is 1. The average Bonchev–Trinajstić information content (AvgIpc) is 2.67. The summed E-state index contributed by atoms with van der Waals surface area (Å²) in [5.74, 6) is 1.54. The van der Waals surface area contributed by atoms with Gasteiger partial charge in [-0.3, -0.25) is 0 Å². The quantitative estimate of drug-likeness (QED) is 0.743. The van der Waals surface area contributed by atoms with Crippen LogP contribution >= 0.6 is 11.6 Å². The van der Waals surface area contributed by atoms with Crippen LogP contribution in [0.15, 0.2) is 12.4 Å². The van der Waals surface area contributed by atoms with Crippen LogP contribution in [0.4, 0.5) is 0 Å². The third-order valence-corrected chi connectivity index (χ3v) is 3.16. The fraction of sp³-hybridized carbons (Fsp3) is 0.462. The van der Waals surface area contributed by atoms with E-state index in [1.165, 1.54) is 0 Å². The van der Waals surface area contributed by atoms with Gasteiger partial charge >= 0.3 is 0 Å². The highest BCUT2D eigenvalue weighted by Crippen LogP contribution is 2.28. The zero-order valence-electron chi connectivity index (χ0n) is 11.3. The summed E-state index contributed by atoms with van der Waals surface area (Å²) >= 11 is 6.21. The van der Waals surface area contributed by atoms with Gasteiger partial charge in [-0.15, -0.1) is 0 Å². The van der Waals surface area contributed by atoms with Crippen LogP contribution in [0.5, 0.6) is 0 Å². The highest BCUT2D eigenvalue weighted by molar-refractivity contribution is 6.30. The molecule has 2 aromatic heterocycles. The van der Waals surface area contributed by atoms with Gasteiger partial charge in [0.05, 0.1) is 0 Å². The van der Waals surface area contributed by atoms with Crippen LogP contribution in [0, 0.1) is 6.92 Å². The molecule has 0 fully saturated rings. The lowest BCUT2D eigenvalue weighted by atomic mass is 9.95. The topological polar surface area (TPSA) is 43.6 Å². The van der Waals surface area contributed by atoms with Gasteiger partial charge in [0, 0.05) is 30.4 Å². The summed E-state index contributed by atoms with van der Waals surface area (Å²) in [6, 6.07) is 0. The van der Waals surface area contributed by atoms with Gasteiger partial charge in [0.2, 0.25) is 0 Å². The van der Waals surface area contributed by atoms with Crippen molar-refractivity contribution in [3.05, 3.63) is 28.9 Å². The zero-order chi connectivity index (χ0) is 13.5. The summed E-state index contributed by atoms with van der Waals surface area (Å²) in [6.45, 7) is 8.11. The predicted octanol–water partition coefficient (Wildman–Crippen LogP) is 3.14. The molecule has 0 saturated heterocycles. The van der Waals surface area contributed by atoms with Gasteiger partial charge < -0.3 is 4.57 Å². The van der Waals surface area contributed by atoms with Crippen molar-refractivity contribution in [3.63, 3.8) is 0 Å². The summed E-state index contributed by atoms with van der Waals surface area (Å²) in [5, 5.41) is 0.493. The molecule has 0 aliphatic carbocycles. The fourth-order valence-electron chi connectivity index (χ4n) is 1.64. The van der Waals surface area contributed by atoms with Crippen LogP contribution < -0.4 is 0 Å². The first kappa shape index (κ1) is 13.0. The van der Waals surface area contributed by atoms with Crippen molar-refractivity contribution in [3.8, 4) is 11.5 Å². The Labute approximate surface area is 112 Å². The van der Waals surface area contributed by atoms with Gasteiger partial charge in [0.1, 0.15) is 16.7 Å². The number of hydrogen-bond acceptors (Lipinski definition) is 3. The molecule has 0 bridgehead atoms. The number of hydrogen-bond donors (Lipinski definition) is 0. The van der Waals surface area contributed by atoms with Crippen molar-refractivity contribution in [2.24, 2.45) is 7.05 Å². The zero-order valence-corrected chi connectivity index (χ0v) is 12.1. The van der Waals surface area contributed by atoms with Gasteiger partial charge in [0.15, 0.2) is 5.82 Å². The molecule has 4 nitrogen and oxygen atoms in total. The number of imidazole rings is 1. The minimum Gasteiger partial charge on any atom is -0.333 e. The number of aryl methyl sites for hydroxylation is 1. The van der Waals surface area contributed by atoms with E-state index in [-0.39, 0.29) is 5.41 Å². The Morgan fingerprint density at radius 1 is 1.22 bits per heavy atom. The molecular formula is C13H17ClN4. The average molecular weight is 265 g/mol. The van der Waals surface area contributed by atoms with Crippen molar-refractivity contribution in [1.82, 2.24) is 19.5 Å². The predicted molar refractivity (Wildman–Crippen MR) is 72.7 cm³/mol. The van der Waals surface area contributed by atoms with E-state index in [9.17, 15) is 0 Å². The van der Waals surface area contributed by atoms with E-state index in [1.807, 2.05) is 24.7 Å². The van der Waals surface area contributed by atoms with Crippen LogP contribution in [-0.2, 0) is 12.5 Å². The van der Waals surface area contributed by atoms with E-state index >= 15 is 0 Å². The van der Waals surface area contributed by atoms with Gasteiger partial charge in [-0.25, -0.2) is 15.0 Å². The van der Waals surface area contributed by atoms with Crippen molar-refractivity contribution in [1.29, 1.82) is 0 Å². The maximum atomic E-state index is 6.21. The van der Waals surface area contributed by atoms with Crippen molar-refractivity contribution in [2.75, 3.05) is 0 Å². The van der Waals surface area contributed by atoms with Crippen LogP contribution in [0.25, 0.3) is 11.5 Å². The fourth-order valence-corrected chi connectivity index (χ4v) is 1.81. The highest BCUT2D eigenvalue weighted by Gasteiger charge is 2.22. The third-order valence-electron chi connectivity index (χ3n) is 2.79. The van der Waals surface area contributed by atoms with E-state index in [1.54, 1.807) is 6.20 Å². The van der Waals surface area contributed by atoms with Gasteiger partial charge in [0.25, 0.3) is 0 Å². The first-order valence-corrected chi connectivity index (χ1v) is 6.21. The number of aromatic nitrogens is 4. The molecule has 2 aromatic rings. The van der Waals surface area contributed by atoms with E-state index in [2.05, 4.69) is 35.7 Å². The molecule has 0 aliphatic heterocycles. The molecule has 5 heteroatoms. The molecule has 0 N–H and O–H groups in total. The molecule has 2 rings (SSSR count). The van der Waals surface area contributed by atoms with Crippen LogP contribution in [0.3, 0.4) is 0 Å². The Balaban J connectivity index is 2.68. The Bertz CT molecular complexity index is 581. The summed E-state index contributed by atoms with van der Waals surface area (Å²) in [7, 11) is 1.94. The Hall–Kier alpha value is -1.42. The Morgan fingerprint density at radius 2 is 1.89 bits per heavy atom. The second-order valence-corrected chi connectivity index (χ2v) is 5.78. The second kappa shape index (κ2) is 4.35. The number of nitrogens with zero attached hydrogens (tertiary/aromatic N) is 4. The molecule has 0 atom stereocenters. The lowest BCUT2D eigenvalue weighted by molar-refractivity contribution is 0.545. The van der Waals surface area contributed by atoms with Crippen molar-refractivity contribution < 1.29 is 0 Å². The van der Waals surface area contributed by atoms with Gasteiger partial charge in [-0.1, -0.05) is 32.4 Å². The molecule has 0 radical (unpaired) electrons. The van der Waals surface area contributed by atoms with E-state index in [0.29, 0.717) is 5.15 Å². The van der Waals surface area contributed by atoms with E-state index in [0.717, 1.165) is 22.9 Å². The summed E-state index contributed by atoms with van der Waals surface area (Å²) in [4.78, 5) is 13.3. The minimum atomic E-state index is -0.142. The molecule has 18 heavy (non-hydrogen) atoms. The molecule has 0 amide bonds. The smallest absolute Gasteiger partial charge is 0.158 e. The molecule has 0 aliphatic rings. The van der Waals surface area contributed by atoms with E-state index < -0.39 is 0 Å². The first-order chi connectivity index (χ1) is 8.30. The Kier molecular flexibility index (Phi) is 3.15. The molecule has 0 spiro atoms. The lowest BCUT2D eigenvalue weighted by Crippen LogP contribution is -2.17. The lowest BCUT2D eigenvalue weighted by Gasteiger charge is -2.18. The minimum absolute atomic E-state index is 0.142. The monoisotopic (exact) mass is 264 g/mol. The third kappa shape index (κ3) is 2.25. The summed E-state index contributed by atoms with van der Waals surface area (Å²) in [6.07, 6.45) is 3.64. The number of rotatable bonds is 1. The Morgan fingerprint density at radius 3 is 2.39 bits per heavy atom. The SMILES string of the molecule is Cc1c(Cl)nc(C(C)(C)C)nc1-c1nccn1C. The summed E-state index contributed by atoms with van der Waals surface area (Å²) in [5.41, 5.74) is 1.52. The van der Waals surface area contributed by atoms with Crippen LogP contribution in [-0.4, -0.2) is 19.5 Å². The van der Waals surface area contributed by atoms with Crippen molar-refractivity contribution >= 4 is 11.6 Å². The van der Waals surface area contributed by atoms with Crippen LogP contribution in [0.2, 0.25) is 5.15 Å². The standard InChI is InChI=1S/C13H17ClN4/c1-8-9(11-15-6-7-18(11)5)16-12(13(2,3)4)17-10(8)14/h6-7H,1-5H3. The largest absolute Gasteiger partial charge is 0.333 e. The van der Waals surface area contributed by atoms with E-state index in [4.69, 9.17) is 11.6 Å². The first-order valence-electron chi connectivity index (χ1n) is 5.83. The molecule has 0 unspecified atom stereocenters. The maximum absolute atomic E-state index is 6.21. The molecule has 96 valence electrons.